The fourth-order valence-electron chi connectivity index (χ4n) is 3.32. The molecule has 0 saturated heterocycles. The molecule has 146 valence electrons. The van der Waals surface area contributed by atoms with Crippen LogP contribution in [-0.4, -0.2) is 43.4 Å². The molecule has 0 aliphatic heterocycles. The number of para-hydroxylation sites is 1. The molecule has 28 heavy (non-hydrogen) atoms. The Morgan fingerprint density at radius 1 is 1.14 bits per heavy atom. The predicted octanol–water partition coefficient (Wildman–Crippen LogP) is 2.21. The van der Waals surface area contributed by atoms with Gasteiger partial charge in [-0.3, -0.25) is 9.59 Å². The lowest BCUT2D eigenvalue weighted by molar-refractivity contribution is -0.885. The van der Waals surface area contributed by atoms with Crippen LogP contribution in [0, 0.1) is 6.92 Å². The van der Waals surface area contributed by atoms with Gasteiger partial charge in [-0.05, 0) is 44.2 Å². The monoisotopic (exact) mass is 380 g/mol. The summed E-state index contributed by atoms with van der Waals surface area (Å²) in [7, 11) is 3.46. The first kappa shape index (κ1) is 19.6. The number of ketones is 1. The Hall–Kier alpha value is -3.12. The number of aromatic nitrogens is 1. The van der Waals surface area contributed by atoms with E-state index in [1.807, 2.05) is 45.2 Å². The maximum atomic E-state index is 13.1. The Morgan fingerprint density at radius 2 is 1.82 bits per heavy atom. The van der Waals surface area contributed by atoms with Crippen LogP contribution in [-0.2, 0) is 4.79 Å². The smallest absolute Gasteiger partial charge is 0.279 e. The van der Waals surface area contributed by atoms with Crippen LogP contribution in [0.15, 0.2) is 48.5 Å². The van der Waals surface area contributed by atoms with E-state index in [4.69, 9.17) is 4.74 Å². The van der Waals surface area contributed by atoms with E-state index in [9.17, 15) is 9.59 Å². The molecule has 2 atom stereocenters. The third-order valence-corrected chi connectivity index (χ3v) is 5.09. The van der Waals surface area contributed by atoms with Gasteiger partial charge in [0.2, 0.25) is 5.78 Å². The van der Waals surface area contributed by atoms with Crippen LogP contribution < -0.4 is 15.0 Å². The number of rotatable bonds is 7. The molecule has 0 radical (unpaired) electrons. The normalized spacial score (nSPS) is 13.1. The number of nitrogens with one attached hydrogen (secondary N) is 3. The van der Waals surface area contributed by atoms with Crippen molar-refractivity contribution in [2.75, 3.05) is 26.0 Å². The second kappa shape index (κ2) is 8.27. The fourth-order valence-corrected chi connectivity index (χ4v) is 3.32. The number of aromatic amines is 1. The number of anilines is 1. The van der Waals surface area contributed by atoms with Gasteiger partial charge in [-0.25, -0.2) is 0 Å². The number of hydrogen-bond acceptors (Lipinski definition) is 3. The van der Waals surface area contributed by atoms with Crippen molar-refractivity contribution in [3.63, 3.8) is 0 Å². The van der Waals surface area contributed by atoms with Crippen molar-refractivity contribution in [1.82, 2.24) is 4.98 Å². The second-order valence-corrected chi connectivity index (χ2v) is 7.06. The summed E-state index contributed by atoms with van der Waals surface area (Å²) in [6, 6.07) is 14.6. The molecule has 3 rings (SSSR count). The number of Topliss-reactive ketones (excluding diaryl/α,β-unsaturated/α-hetero) is 1. The van der Waals surface area contributed by atoms with Crippen LogP contribution in [0.2, 0.25) is 0 Å². The topological polar surface area (TPSA) is 75.6 Å². The summed E-state index contributed by atoms with van der Waals surface area (Å²) in [5.74, 6) is 0.622. The van der Waals surface area contributed by atoms with Crippen LogP contribution >= 0.6 is 0 Å². The highest BCUT2D eigenvalue weighted by atomic mass is 16.5. The number of hydrogen-bond donors (Lipinski definition) is 3. The number of ether oxygens (including phenoxy) is 1. The van der Waals surface area contributed by atoms with E-state index in [0.29, 0.717) is 11.3 Å². The number of carbonyl (C=O) groups excluding carboxylic acids is 2. The summed E-state index contributed by atoms with van der Waals surface area (Å²) in [6.07, 6.45) is 0. The zero-order valence-electron chi connectivity index (χ0n) is 16.6. The van der Waals surface area contributed by atoms with Crippen molar-refractivity contribution in [1.29, 1.82) is 0 Å². The SMILES string of the molecule is COc1ccc(NC(=O)C[NH+](C)[C@@H](C)C(=O)c2c(C)[nH]c3ccccc23)cc1. The molecule has 1 amide bonds. The quantitative estimate of drug-likeness (QED) is 0.550. The minimum absolute atomic E-state index is 0.0321. The first-order valence-corrected chi connectivity index (χ1v) is 9.28. The van der Waals surface area contributed by atoms with Gasteiger partial charge in [0.15, 0.2) is 6.54 Å². The largest absolute Gasteiger partial charge is 0.497 e. The van der Waals surface area contributed by atoms with Crippen LogP contribution in [0.3, 0.4) is 0 Å². The van der Waals surface area contributed by atoms with Gasteiger partial charge in [-0.2, -0.15) is 0 Å². The van der Waals surface area contributed by atoms with Crippen molar-refractivity contribution in [2.24, 2.45) is 0 Å². The average molecular weight is 380 g/mol. The molecule has 0 aliphatic carbocycles. The summed E-state index contributed by atoms with van der Waals surface area (Å²) >= 11 is 0. The summed E-state index contributed by atoms with van der Waals surface area (Å²) < 4.78 is 5.12. The molecule has 0 saturated carbocycles. The number of methoxy groups -OCH3 is 1. The minimum Gasteiger partial charge on any atom is -0.497 e. The molecule has 0 spiro atoms. The standard InChI is InChI=1S/C22H25N3O3/c1-14-21(18-7-5-6-8-19(18)23-14)22(27)15(2)25(3)13-20(26)24-16-9-11-17(28-4)12-10-16/h5-12,15,23H,13H2,1-4H3,(H,24,26)/p+1/t15-/m0/s1. The molecule has 6 nitrogen and oxygen atoms in total. The molecular weight excluding hydrogens is 354 g/mol. The third kappa shape index (κ3) is 4.07. The Kier molecular flexibility index (Phi) is 5.80. The molecule has 2 aromatic carbocycles. The molecule has 6 heteroatoms. The Bertz CT molecular complexity index is 992. The Labute approximate surface area is 164 Å². The lowest BCUT2D eigenvalue weighted by atomic mass is 10.0. The number of fused-ring (bicyclic) bond motifs is 1. The zero-order chi connectivity index (χ0) is 20.3. The average Bonchev–Trinajstić information content (AvgIpc) is 3.02. The lowest BCUT2D eigenvalue weighted by Crippen LogP contribution is -3.14. The molecule has 3 aromatic rings. The van der Waals surface area contributed by atoms with E-state index < -0.39 is 0 Å². The molecule has 0 aliphatic rings. The van der Waals surface area contributed by atoms with E-state index >= 15 is 0 Å². The molecular formula is C22H26N3O3+. The maximum Gasteiger partial charge on any atom is 0.279 e. The van der Waals surface area contributed by atoms with E-state index in [1.165, 1.54) is 0 Å². The Balaban J connectivity index is 1.67. The van der Waals surface area contributed by atoms with E-state index in [1.54, 1.807) is 31.4 Å². The molecule has 1 aromatic heterocycles. The van der Waals surface area contributed by atoms with Gasteiger partial charge in [-0.15, -0.1) is 0 Å². The van der Waals surface area contributed by atoms with Crippen molar-refractivity contribution in [3.8, 4) is 5.75 Å². The molecule has 1 unspecified atom stereocenters. The highest BCUT2D eigenvalue weighted by Crippen LogP contribution is 2.22. The van der Waals surface area contributed by atoms with E-state index in [0.717, 1.165) is 27.2 Å². The zero-order valence-corrected chi connectivity index (χ0v) is 16.6. The number of benzene rings is 2. The van der Waals surface area contributed by atoms with E-state index in [-0.39, 0.29) is 24.3 Å². The lowest BCUT2D eigenvalue weighted by Gasteiger charge is -2.20. The van der Waals surface area contributed by atoms with Gasteiger partial charge in [0, 0.05) is 22.3 Å². The third-order valence-electron chi connectivity index (χ3n) is 5.09. The van der Waals surface area contributed by atoms with Gasteiger partial charge in [0.25, 0.3) is 5.91 Å². The molecule has 0 bridgehead atoms. The summed E-state index contributed by atoms with van der Waals surface area (Å²) in [6.45, 7) is 3.96. The van der Waals surface area contributed by atoms with Gasteiger partial charge < -0.3 is 19.9 Å². The summed E-state index contributed by atoms with van der Waals surface area (Å²) in [5, 5.41) is 3.78. The minimum atomic E-state index is -0.348. The summed E-state index contributed by atoms with van der Waals surface area (Å²) in [4.78, 5) is 29.6. The van der Waals surface area contributed by atoms with Gasteiger partial charge in [0.05, 0.1) is 19.7 Å². The van der Waals surface area contributed by atoms with Crippen molar-refractivity contribution < 1.29 is 19.2 Å². The van der Waals surface area contributed by atoms with Crippen LogP contribution in [0.4, 0.5) is 5.69 Å². The second-order valence-electron chi connectivity index (χ2n) is 7.06. The number of H-pyrrole nitrogens is 1. The fraction of sp³-hybridized carbons (Fsp3) is 0.273. The summed E-state index contributed by atoms with van der Waals surface area (Å²) in [5.41, 5.74) is 3.21. The van der Waals surface area contributed by atoms with Crippen molar-refractivity contribution in [2.45, 2.75) is 19.9 Å². The maximum absolute atomic E-state index is 13.1. The van der Waals surface area contributed by atoms with Crippen LogP contribution in [0.25, 0.3) is 10.9 Å². The number of amides is 1. The molecule has 0 fully saturated rings. The van der Waals surface area contributed by atoms with Gasteiger partial charge in [0.1, 0.15) is 11.8 Å². The van der Waals surface area contributed by atoms with Crippen LogP contribution in [0.1, 0.15) is 23.0 Å². The highest BCUT2D eigenvalue weighted by Gasteiger charge is 2.28. The highest BCUT2D eigenvalue weighted by molar-refractivity contribution is 6.11. The van der Waals surface area contributed by atoms with Crippen molar-refractivity contribution >= 4 is 28.3 Å². The van der Waals surface area contributed by atoms with E-state index in [2.05, 4.69) is 10.3 Å². The Morgan fingerprint density at radius 3 is 2.50 bits per heavy atom. The first-order valence-electron chi connectivity index (χ1n) is 9.28. The van der Waals surface area contributed by atoms with Gasteiger partial charge in [-0.1, -0.05) is 18.2 Å². The van der Waals surface area contributed by atoms with Crippen molar-refractivity contribution in [3.05, 3.63) is 59.8 Å². The molecule has 1 heterocycles. The first-order chi connectivity index (χ1) is 13.4. The number of carbonyl (C=O) groups is 2. The van der Waals surface area contributed by atoms with Gasteiger partial charge >= 0.3 is 0 Å². The molecule has 3 N–H and O–H groups in total. The number of aryl methyl sites for hydroxylation is 1. The van der Waals surface area contributed by atoms with Crippen LogP contribution in [0.5, 0.6) is 5.75 Å². The number of quaternary nitrogens is 1. The predicted molar refractivity (Wildman–Crippen MR) is 110 cm³/mol. The number of likely N-dealkylation sites (N-methyl/N-ethyl adjacent to an activating group) is 1.